The SMILES string of the molecule is CC.O=C(NO)c1cnc2c(c1)CN(Cc1ccc(Cl)cc1)CC2. The number of halogens is 1. The van der Waals surface area contributed by atoms with Crippen molar-refractivity contribution in [2.24, 2.45) is 0 Å². The lowest BCUT2D eigenvalue weighted by molar-refractivity contribution is 0.0705. The van der Waals surface area contributed by atoms with E-state index in [-0.39, 0.29) is 0 Å². The maximum Gasteiger partial charge on any atom is 0.276 e. The molecule has 6 heteroatoms. The molecule has 24 heavy (non-hydrogen) atoms. The quantitative estimate of drug-likeness (QED) is 0.659. The fraction of sp³-hybridized carbons (Fsp3) is 0.333. The van der Waals surface area contributed by atoms with Crippen molar-refractivity contribution in [3.63, 3.8) is 0 Å². The van der Waals surface area contributed by atoms with Crippen molar-refractivity contribution >= 4 is 17.5 Å². The minimum Gasteiger partial charge on any atom is -0.294 e. The number of pyridine rings is 1. The van der Waals surface area contributed by atoms with E-state index in [2.05, 4.69) is 9.88 Å². The lowest BCUT2D eigenvalue weighted by Crippen LogP contribution is -2.31. The van der Waals surface area contributed by atoms with Crippen LogP contribution >= 0.6 is 11.6 Å². The lowest BCUT2D eigenvalue weighted by Gasteiger charge is -2.28. The molecule has 1 aliphatic heterocycles. The summed E-state index contributed by atoms with van der Waals surface area (Å²) in [4.78, 5) is 18.1. The number of fused-ring (bicyclic) bond motifs is 1. The first-order chi connectivity index (χ1) is 11.7. The van der Waals surface area contributed by atoms with E-state index in [0.717, 1.165) is 42.3 Å². The van der Waals surface area contributed by atoms with Gasteiger partial charge in [0.1, 0.15) is 0 Å². The van der Waals surface area contributed by atoms with Crippen molar-refractivity contribution in [3.05, 3.63) is 63.9 Å². The largest absolute Gasteiger partial charge is 0.294 e. The summed E-state index contributed by atoms with van der Waals surface area (Å²) in [6.45, 7) is 6.48. The van der Waals surface area contributed by atoms with Gasteiger partial charge in [0.25, 0.3) is 5.91 Å². The van der Waals surface area contributed by atoms with Gasteiger partial charge in [-0.1, -0.05) is 37.6 Å². The summed E-state index contributed by atoms with van der Waals surface area (Å²) >= 11 is 5.90. The van der Waals surface area contributed by atoms with Crippen LogP contribution in [0.25, 0.3) is 0 Å². The summed E-state index contributed by atoms with van der Waals surface area (Å²) in [5.74, 6) is -0.537. The van der Waals surface area contributed by atoms with Crippen LogP contribution in [0.1, 0.15) is 41.0 Å². The van der Waals surface area contributed by atoms with Gasteiger partial charge in [-0.25, -0.2) is 5.48 Å². The van der Waals surface area contributed by atoms with Crippen LogP contribution in [0.3, 0.4) is 0 Å². The number of carbonyl (C=O) groups excluding carboxylic acids is 1. The summed E-state index contributed by atoms with van der Waals surface area (Å²) in [7, 11) is 0. The maximum atomic E-state index is 11.5. The van der Waals surface area contributed by atoms with Gasteiger partial charge in [0.15, 0.2) is 0 Å². The Hall–Kier alpha value is -1.95. The number of nitrogens with zero attached hydrogens (tertiary/aromatic N) is 2. The normalized spacial score (nSPS) is 13.5. The molecule has 0 bridgehead atoms. The van der Waals surface area contributed by atoms with Crippen LogP contribution in [0.15, 0.2) is 36.5 Å². The lowest BCUT2D eigenvalue weighted by atomic mass is 10.0. The molecule has 128 valence electrons. The van der Waals surface area contributed by atoms with Gasteiger partial charge < -0.3 is 0 Å². The summed E-state index contributed by atoms with van der Waals surface area (Å²) in [6.07, 6.45) is 2.35. The Morgan fingerprint density at radius 1 is 1.33 bits per heavy atom. The summed E-state index contributed by atoms with van der Waals surface area (Å²) in [6, 6.07) is 9.61. The molecule has 3 rings (SSSR count). The van der Waals surface area contributed by atoms with E-state index >= 15 is 0 Å². The number of benzene rings is 1. The monoisotopic (exact) mass is 347 g/mol. The molecule has 1 aromatic heterocycles. The second-order valence-electron chi connectivity index (χ2n) is 5.36. The number of hydrogen-bond acceptors (Lipinski definition) is 4. The minimum atomic E-state index is -0.537. The third kappa shape index (κ3) is 4.54. The van der Waals surface area contributed by atoms with E-state index < -0.39 is 5.91 Å². The molecule has 0 atom stereocenters. The van der Waals surface area contributed by atoms with Crippen molar-refractivity contribution in [2.75, 3.05) is 6.54 Å². The van der Waals surface area contributed by atoms with Gasteiger partial charge in [0, 0.05) is 43.0 Å². The highest BCUT2D eigenvalue weighted by atomic mass is 35.5. The minimum absolute atomic E-state index is 0.370. The number of nitrogens with one attached hydrogen (secondary N) is 1. The molecule has 0 saturated carbocycles. The Kier molecular flexibility index (Phi) is 6.73. The van der Waals surface area contributed by atoms with Gasteiger partial charge in [-0.3, -0.25) is 19.9 Å². The zero-order valence-electron chi connectivity index (χ0n) is 13.9. The van der Waals surface area contributed by atoms with Gasteiger partial charge in [-0.15, -0.1) is 0 Å². The molecule has 2 N–H and O–H groups in total. The number of aromatic nitrogens is 1. The molecule has 0 aliphatic carbocycles. The fourth-order valence-corrected chi connectivity index (χ4v) is 2.78. The van der Waals surface area contributed by atoms with Gasteiger partial charge in [-0.05, 0) is 29.3 Å². The number of hydroxylamine groups is 1. The fourth-order valence-electron chi connectivity index (χ4n) is 2.66. The van der Waals surface area contributed by atoms with Crippen molar-refractivity contribution in [2.45, 2.75) is 33.4 Å². The first-order valence-electron chi connectivity index (χ1n) is 8.05. The molecule has 5 nitrogen and oxygen atoms in total. The van der Waals surface area contributed by atoms with Gasteiger partial charge in [-0.2, -0.15) is 0 Å². The van der Waals surface area contributed by atoms with Crippen molar-refractivity contribution in [1.82, 2.24) is 15.4 Å². The molecular weight excluding hydrogens is 326 g/mol. The Morgan fingerprint density at radius 3 is 2.71 bits per heavy atom. The van der Waals surface area contributed by atoms with Gasteiger partial charge in [0.05, 0.1) is 5.56 Å². The van der Waals surface area contributed by atoms with Crippen molar-refractivity contribution in [1.29, 1.82) is 0 Å². The van der Waals surface area contributed by atoms with Crippen LogP contribution in [-0.2, 0) is 19.5 Å². The van der Waals surface area contributed by atoms with E-state index in [4.69, 9.17) is 16.8 Å². The van der Waals surface area contributed by atoms with Crippen LogP contribution in [0.4, 0.5) is 0 Å². The second-order valence-corrected chi connectivity index (χ2v) is 5.79. The molecule has 1 aromatic carbocycles. The Balaban J connectivity index is 0.00000100. The van der Waals surface area contributed by atoms with Crippen LogP contribution in [0.5, 0.6) is 0 Å². The first-order valence-corrected chi connectivity index (χ1v) is 8.42. The standard InChI is InChI=1S/C16H16ClN3O2.C2H6/c17-14-3-1-11(2-4-14)9-20-6-5-15-13(10-20)7-12(8-18-15)16(21)19-22;1-2/h1-4,7-8,22H,5-6,9-10H2,(H,19,21);1-2H3. The first kappa shape index (κ1) is 18.4. The van der Waals surface area contributed by atoms with Crippen LogP contribution in [0.2, 0.25) is 5.02 Å². The third-order valence-corrected chi connectivity index (χ3v) is 4.05. The van der Waals surface area contributed by atoms with Crippen LogP contribution < -0.4 is 5.48 Å². The second kappa shape index (κ2) is 8.78. The van der Waals surface area contributed by atoms with E-state index in [1.165, 1.54) is 11.8 Å². The maximum absolute atomic E-state index is 11.5. The average Bonchev–Trinajstić information content (AvgIpc) is 2.64. The number of hydrogen-bond donors (Lipinski definition) is 2. The highest BCUT2D eigenvalue weighted by molar-refractivity contribution is 6.30. The Bertz CT molecular complexity index is 689. The van der Waals surface area contributed by atoms with Gasteiger partial charge >= 0.3 is 0 Å². The highest BCUT2D eigenvalue weighted by Gasteiger charge is 2.19. The summed E-state index contributed by atoms with van der Waals surface area (Å²) in [5.41, 5.74) is 5.25. The van der Waals surface area contributed by atoms with Crippen molar-refractivity contribution in [3.8, 4) is 0 Å². The smallest absolute Gasteiger partial charge is 0.276 e. The highest BCUT2D eigenvalue weighted by Crippen LogP contribution is 2.20. The predicted molar refractivity (Wildman–Crippen MR) is 94.1 cm³/mol. The predicted octanol–water partition coefficient (Wildman–Crippen LogP) is 3.44. The molecule has 0 fully saturated rings. The zero-order valence-corrected chi connectivity index (χ0v) is 14.7. The van der Waals surface area contributed by atoms with E-state index in [1.54, 1.807) is 11.5 Å². The molecule has 1 amide bonds. The molecule has 0 unspecified atom stereocenters. The van der Waals surface area contributed by atoms with E-state index in [0.29, 0.717) is 5.56 Å². The molecule has 0 spiro atoms. The molecule has 1 aliphatic rings. The topological polar surface area (TPSA) is 65.5 Å². The molecule has 0 saturated heterocycles. The number of carbonyl (C=O) groups is 1. The van der Waals surface area contributed by atoms with Crippen LogP contribution in [0, 0.1) is 0 Å². The van der Waals surface area contributed by atoms with Gasteiger partial charge in [0.2, 0.25) is 0 Å². The number of amides is 1. The third-order valence-electron chi connectivity index (χ3n) is 3.80. The summed E-state index contributed by atoms with van der Waals surface area (Å²) < 4.78 is 0. The molecule has 2 heterocycles. The van der Waals surface area contributed by atoms with Crippen molar-refractivity contribution < 1.29 is 10.0 Å². The average molecular weight is 348 g/mol. The Labute approximate surface area is 147 Å². The number of rotatable bonds is 3. The summed E-state index contributed by atoms with van der Waals surface area (Å²) in [5, 5.41) is 9.45. The Morgan fingerprint density at radius 2 is 2.04 bits per heavy atom. The van der Waals surface area contributed by atoms with E-state index in [1.807, 2.05) is 38.1 Å². The van der Waals surface area contributed by atoms with E-state index in [9.17, 15) is 4.79 Å². The molecule has 0 radical (unpaired) electrons. The zero-order chi connectivity index (χ0) is 17.5. The molecule has 2 aromatic rings. The molecular formula is C18H22ClN3O2. The van der Waals surface area contributed by atoms with Crippen LogP contribution in [-0.4, -0.2) is 27.5 Å².